The molecule has 102 valence electrons. The fraction of sp³-hybridized carbons (Fsp3) is 0.267. The standard InChI is InChI=1S/C15H17N5/c1-10-5-6-11(2)13(7-10)20-15-12(8-18-20)14(19(3)4)16-9-17-15/h5-9H,1-4H3. The third-order valence-electron chi connectivity index (χ3n) is 3.36. The summed E-state index contributed by atoms with van der Waals surface area (Å²) in [4.78, 5) is 10.7. The minimum Gasteiger partial charge on any atom is -0.362 e. The first-order chi connectivity index (χ1) is 9.58. The summed E-state index contributed by atoms with van der Waals surface area (Å²) >= 11 is 0. The van der Waals surface area contributed by atoms with Crippen LogP contribution in [0.2, 0.25) is 0 Å². The molecule has 0 aliphatic heterocycles. The molecule has 1 aromatic carbocycles. The van der Waals surface area contributed by atoms with Crippen molar-refractivity contribution in [3.8, 4) is 5.69 Å². The van der Waals surface area contributed by atoms with Gasteiger partial charge in [-0.15, -0.1) is 0 Å². The SMILES string of the molecule is Cc1ccc(C)c(-n2ncc3c(N(C)C)ncnc32)c1. The molecule has 0 fully saturated rings. The van der Waals surface area contributed by atoms with Gasteiger partial charge in [-0.3, -0.25) is 0 Å². The topological polar surface area (TPSA) is 46.8 Å². The molecule has 5 heteroatoms. The van der Waals surface area contributed by atoms with Crippen LogP contribution in [0, 0.1) is 13.8 Å². The van der Waals surface area contributed by atoms with Crippen LogP contribution in [0.5, 0.6) is 0 Å². The summed E-state index contributed by atoms with van der Waals surface area (Å²) in [6, 6.07) is 6.33. The Hall–Kier alpha value is -2.43. The van der Waals surface area contributed by atoms with E-state index in [1.165, 1.54) is 11.1 Å². The third-order valence-corrected chi connectivity index (χ3v) is 3.36. The Morgan fingerprint density at radius 3 is 2.65 bits per heavy atom. The van der Waals surface area contributed by atoms with Crippen molar-refractivity contribution in [2.24, 2.45) is 0 Å². The van der Waals surface area contributed by atoms with Crippen LogP contribution < -0.4 is 4.90 Å². The van der Waals surface area contributed by atoms with Gasteiger partial charge in [0.25, 0.3) is 0 Å². The lowest BCUT2D eigenvalue weighted by molar-refractivity contribution is 0.885. The van der Waals surface area contributed by atoms with Crippen LogP contribution in [0.25, 0.3) is 16.7 Å². The van der Waals surface area contributed by atoms with Gasteiger partial charge in [-0.05, 0) is 31.0 Å². The molecule has 0 radical (unpaired) electrons. The van der Waals surface area contributed by atoms with E-state index in [0.717, 1.165) is 22.5 Å². The van der Waals surface area contributed by atoms with Crippen molar-refractivity contribution in [2.45, 2.75) is 13.8 Å². The van der Waals surface area contributed by atoms with Gasteiger partial charge in [0.05, 0.1) is 17.3 Å². The number of fused-ring (bicyclic) bond motifs is 1. The van der Waals surface area contributed by atoms with Crippen LogP contribution in [-0.2, 0) is 0 Å². The normalized spacial score (nSPS) is 11.0. The van der Waals surface area contributed by atoms with Gasteiger partial charge in [-0.2, -0.15) is 5.10 Å². The molecule has 0 amide bonds. The van der Waals surface area contributed by atoms with Gasteiger partial charge < -0.3 is 4.90 Å². The monoisotopic (exact) mass is 267 g/mol. The Balaban J connectivity index is 2.28. The van der Waals surface area contributed by atoms with Gasteiger partial charge in [0.15, 0.2) is 5.65 Å². The van der Waals surface area contributed by atoms with Gasteiger partial charge in [-0.1, -0.05) is 12.1 Å². The van der Waals surface area contributed by atoms with Crippen molar-refractivity contribution in [1.29, 1.82) is 0 Å². The fourth-order valence-corrected chi connectivity index (χ4v) is 2.31. The summed E-state index contributed by atoms with van der Waals surface area (Å²) in [6.45, 7) is 4.16. The highest BCUT2D eigenvalue weighted by molar-refractivity contribution is 5.87. The van der Waals surface area contributed by atoms with Crippen LogP contribution in [-0.4, -0.2) is 33.8 Å². The molecule has 0 N–H and O–H groups in total. The molecule has 2 heterocycles. The molecule has 2 aromatic heterocycles. The van der Waals surface area contributed by atoms with Crippen LogP contribution in [0.15, 0.2) is 30.7 Å². The van der Waals surface area contributed by atoms with Crippen molar-refractivity contribution in [1.82, 2.24) is 19.7 Å². The maximum Gasteiger partial charge on any atom is 0.168 e. The van der Waals surface area contributed by atoms with E-state index < -0.39 is 0 Å². The van der Waals surface area contributed by atoms with Crippen molar-refractivity contribution in [3.05, 3.63) is 41.9 Å². The largest absolute Gasteiger partial charge is 0.362 e. The van der Waals surface area contributed by atoms with Crippen molar-refractivity contribution in [2.75, 3.05) is 19.0 Å². The lowest BCUT2D eigenvalue weighted by Gasteiger charge is -2.12. The van der Waals surface area contributed by atoms with Crippen LogP contribution in [0.1, 0.15) is 11.1 Å². The van der Waals surface area contributed by atoms with Gasteiger partial charge >= 0.3 is 0 Å². The number of nitrogens with zero attached hydrogens (tertiary/aromatic N) is 5. The van der Waals surface area contributed by atoms with Crippen molar-refractivity contribution >= 4 is 16.9 Å². The van der Waals surface area contributed by atoms with Crippen molar-refractivity contribution in [3.63, 3.8) is 0 Å². The molecule has 0 spiro atoms. The summed E-state index contributed by atoms with van der Waals surface area (Å²) in [5.41, 5.74) is 4.27. The van der Waals surface area contributed by atoms with Crippen LogP contribution in [0.4, 0.5) is 5.82 Å². The zero-order valence-electron chi connectivity index (χ0n) is 12.1. The van der Waals surface area contributed by atoms with Gasteiger partial charge in [0.1, 0.15) is 12.1 Å². The zero-order valence-corrected chi connectivity index (χ0v) is 12.1. The van der Waals surface area contributed by atoms with Crippen molar-refractivity contribution < 1.29 is 0 Å². The van der Waals surface area contributed by atoms with E-state index in [9.17, 15) is 0 Å². The Labute approximate surface area is 117 Å². The minimum absolute atomic E-state index is 0.831. The molecule has 0 aliphatic rings. The molecule has 0 aliphatic carbocycles. The van der Waals surface area contributed by atoms with Gasteiger partial charge in [-0.25, -0.2) is 14.6 Å². The van der Waals surface area contributed by atoms with E-state index >= 15 is 0 Å². The summed E-state index contributed by atoms with van der Waals surface area (Å²) in [5.74, 6) is 0.881. The second-order valence-corrected chi connectivity index (χ2v) is 5.18. The molecular formula is C15H17N5. The first kappa shape index (κ1) is 12.6. The Bertz CT molecular complexity index is 773. The Morgan fingerprint density at radius 2 is 1.90 bits per heavy atom. The average molecular weight is 267 g/mol. The number of hydrogen-bond donors (Lipinski definition) is 0. The summed E-state index contributed by atoms with van der Waals surface area (Å²) in [6.07, 6.45) is 3.41. The first-order valence-electron chi connectivity index (χ1n) is 6.51. The molecule has 0 saturated heterocycles. The number of aromatic nitrogens is 4. The molecule has 20 heavy (non-hydrogen) atoms. The number of rotatable bonds is 2. The van der Waals surface area contributed by atoms with E-state index in [2.05, 4.69) is 47.1 Å². The predicted molar refractivity (Wildman–Crippen MR) is 80.5 cm³/mol. The predicted octanol–water partition coefficient (Wildman–Crippen LogP) is 2.50. The first-order valence-corrected chi connectivity index (χ1v) is 6.51. The second-order valence-electron chi connectivity index (χ2n) is 5.18. The quantitative estimate of drug-likeness (QED) is 0.715. The second kappa shape index (κ2) is 4.59. The highest BCUT2D eigenvalue weighted by atomic mass is 15.3. The molecule has 3 rings (SSSR count). The number of benzene rings is 1. The maximum absolute atomic E-state index is 4.50. The van der Waals surface area contributed by atoms with Gasteiger partial charge in [0, 0.05) is 14.1 Å². The lowest BCUT2D eigenvalue weighted by Crippen LogP contribution is -2.11. The smallest absolute Gasteiger partial charge is 0.168 e. The van der Waals surface area contributed by atoms with E-state index in [-0.39, 0.29) is 0 Å². The summed E-state index contributed by atoms with van der Waals surface area (Å²) in [5, 5.41) is 5.45. The van der Waals surface area contributed by atoms with Crippen LogP contribution in [0.3, 0.4) is 0 Å². The van der Waals surface area contributed by atoms with E-state index in [0.29, 0.717) is 0 Å². The summed E-state index contributed by atoms with van der Waals surface area (Å²) in [7, 11) is 3.94. The Kier molecular flexibility index (Phi) is 2.89. The highest BCUT2D eigenvalue weighted by Crippen LogP contribution is 2.24. The molecule has 0 atom stereocenters. The molecule has 5 nitrogen and oxygen atoms in total. The maximum atomic E-state index is 4.50. The molecule has 0 bridgehead atoms. The lowest BCUT2D eigenvalue weighted by atomic mass is 10.1. The van der Waals surface area contributed by atoms with Gasteiger partial charge in [0.2, 0.25) is 0 Å². The number of hydrogen-bond acceptors (Lipinski definition) is 4. The van der Waals surface area contributed by atoms with E-state index in [1.54, 1.807) is 6.33 Å². The Morgan fingerprint density at radius 1 is 1.10 bits per heavy atom. The summed E-state index contributed by atoms with van der Waals surface area (Å²) < 4.78 is 1.88. The van der Waals surface area contributed by atoms with E-state index in [4.69, 9.17) is 0 Å². The molecule has 0 saturated carbocycles. The number of aryl methyl sites for hydroxylation is 2. The molecule has 0 unspecified atom stereocenters. The fourth-order valence-electron chi connectivity index (χ4n) is 2.31. The van der Waals surface area contributed by atoms with Crippen LogP contribution >= 0.6 is 0 Å². The molecule has 3 aromatic rings. The highest BCUT2D eigenvalue weighted by Gasteiger charge is 2.13. The average Bonchev–Trinajstić information content (AvgIpc) is 2.85. The van der Waals surface area contributed by atoms with E-state index in [1.807, 2.05) is 29.9 Å². The number of anilines is 1. The zero-order chi connectivity index (χ0) is 14.3. The third kappa shape index (κ3) is 1.91. The molecular weight excluding hydrogens is 250 g/mol. The minimum atomic E-state index is 0.831.